The van der Waals surface area contributed by atoms with Gasteiger partial charge in [-0.1, -0.05) is 0 Å². The highest BCUT2D eigenvalue weighted by Gasteiger charge is 2.17. The molecule has 0 saturated carbocycles. The van der Waals surface area contributed by atoms with E-state index in [-0.39, 0.29) is 28.7 Å². The highest BCUT2D eigenvalue weighted by Crippen LogP contribution is 2.31. The van der Waals surface area contributed by atoms with Crippen LogP contribution in [0.15, 0.2) is 48.8 Å². The van der Waals surface area contributed by atoms with Gasteiger partial charge in [0.1, 0.15) is 5.75 Å². The zero-order valence-electron chi connectivity index (χ0n) is 15.1. The number of aromatic nitrogens is 3. The quantitative estimate of drug-likeness (QED) is 0.664. The third-order valence-electron chi connectivity index (χ3n) is 3.68. The average molecular weight is 380 g/mol. The minimum Gasteiger partial charge on any atom is -0.465 e. The molecule has 0 atom stereocenters. The predicted molar refractivity (Wildman–Crippen MR) is 98.9 cm³/mol. The number of esters is 2. The van der Waals surface area contributed by atoms with Crippen LogP contribution in [0.1, 0.15) is 20.7 Å². The molecular formula is C19H16N4O5. The average Bonchev–Trinajstić information content (AvgIpc) is 2.72. The molecule has 3 rings (SSSR count). The van der Waals surface area contributed by atoms with E-state index in [1.807, 2.05) is 0 Å². The van der Waals surface area contributed by atoms with Crippen molar-refractivity contribution in [3.63, 3.8) is 0 Å². The number of hydrogen-bond acceptors (Lipinski definition) is 9. The Morgan fingerprint density at radius 1 is 0.929 bits per heavy atom. The number of pyridine rings is 1. The van der Waals surface area contributed by atoms with E-state index in [1.165, 1.54) is 44.8 Å². The van der Waals surface area contributed by atoms with Crippen molar-refractivity contribution in [1.82, 2.24) is 15.0 Å². The fraction of sp³-hybridized carbons (Fsp3) is 0.105. The molecule has 0 amide bonds. The number of nitrogens with two attached hydrogens (primary N) is 1. The number of anilines is 1. The molecule has 2 aromatic heterocycles. The van der Waals surface area contributed by atoms with E-state index in [0.29, 0.717) is 11.3 Å². The summed E-state index contributed by atoms with van der Waals surface area (Å²) >= 11 is 0. The largest absolute Gasteiger partial charge is 0.465 e. The van der Waals surface area contributed by atoms with E-state index >= 15 is 0 Å². The fourth-order valence-electron chi connectivity index (χ4n) is 2.43. The summed E-state index contributed by atoms with van der Waals surface area (Å²) in [6.45, 7) is 0. The van der Waals surface area contributed by atoms with Crippen molar-refractivity contribution in [2.75, 3.05) is 20.0 Å². The summed E-state index contributed by atoms with van der Waals surface area (Å²) < 4.78 is 15.3. The number of rotatable bonds is 5. The predicted octanol–water partition coefficient (Wildman–Crippen LogP) is 2.49. The molecule has 142 valence electrons. The lowest BCUT2D eigenvalue weighted by Gasteiger charge is -2.12. The molecule has 3 aromatic rings. The summed E-state index contributed by atoms with van der Waals surface area (Å²) in [5, 5.41) is 0. The topological polar surface area (TPSA) is 127 Å². The molecule has 0 saturated heterocycles. The summed E-state index contributed by atoms with van der Waals surface area (Å²) in [5.41, 5.74) is 6.97. The molecule has 0 aliphatic carbocycles. The molecule has 9 heteroatoms. The van der Waals surface area contributed by atoms with Crippen molar-refractivity contribution in [3.8, 4) is 22.9 Å². The van der Waals surface area contributed by atoms with E-state index in [2.05, 4.69) is 15.0 Å². The van der Waals surface area contributed by atoms with Crippen molar-refractivity contribution in [1.29, 1.82) is 0 Å². The minimum absolute atomic E-state index is 0.105. The Hall–Kier alpha value is -4.01. The van der Waals surface area contributed by atoms with Crippen molar-refractivity contribution >= 4 is 17.9 Å². The van der Waals surface area contributed by atoms with Gasteiger partial charge in [-0.15, -0.1) is 0 Å². The van der Waals surface area contributed by atoms with Gasteiger partial charge in [0, 0.05) is 12.4 Å². The van der Waals surface area contributed by atoms with Crippen LogP contribution in [0.3, 0.4) is 0 Å². The lowest BCUT2D eigenvalue weighted by molar-refractivity contribution is 0.0598. The maximum absolute atomic E-state index is 11.9. The van der Waals surface area contributed by atoms with Crippen LogP contribution in [0.2, 0.25) is 0 Å². The highest BCUT2D eigenvalue weighted by atomic mass is 16.5. The van der Waals surface area contributed by atoms with Crippen LogP contribution in [0.5, 0.6) is 11.6 Å². The van der Waals surface area contributed by atoms with Crippen molar-refractivity contribution < 1.29 is 23.8 Å². The molecule has 2 heterocycles. The number of carbonyl (C=O) groups is 2. The maximum Gasteiger partial charge on any atom is 0.338 e. The third-order valence-corrected chi connectivity index (χ3v) is 3.68. The smallest absolute Gasteiger partial charge is 0.338 e. The van der Waals surface area contributed by atoms with E-state index in [4.69, 9.17) is 19.9 Å². The Balaban J connectivity index is 2.04. The summed E-state index contributed by atoms with van der Waals surface area (Å²) in [6.07, 6.45) is 3.05. The number of carbonyl (C=O) groups excluding carboxylic acids is 2. The van der Waals surface area contributed by atoms with Gasteiger partial charge in [-0.05, 0) is 36.4 Å². The number of nitrogens with zero attached hydrogens (tertiary/aromatic N) is 3. The van der Waals surface area contributed by atoms with Gasteiger partial charge in [-0.25, -0.2) is 24.5 Å². The molecule has 2 N–H and O–H groups in total. The highest BCUT2D eigenvalue weighted by molar-refractivity contribution is 5.96. The lowest BCUT2D eigenvalue weighted by Crippen LogP contribution is -2.07. The van der Waals surface area contributed by atoms with Gasteiger partial charge in [0.2, 0.25) is 11.8 Å². The Labute approximate surface area is 160 Å². The molecule has 0 unspecified atom stereocenters. The van der Waals surface area contributed by atoms with E-state index in [1.54, 1.807) is 18.2 Å². The monoisotopic (exact) mass is 380 g/mol. The molecule has 0 fully saturated rings. The third kappa shape index (κ3) is 4.04. The Bertz CT molecular complexity index is 1000. The summed E-state index contributed by atoms with van der Waals surface area (Å²) in [5.74, 6) is -0.738. The standard InChI is InChI=1S/C19H16N4O5/c1-26-17(24)11-8-12(18(25)27-2)10-13(9-11)28-16-14(4-3-6-21-16)15-5-7-22-19(20)23-15/h3-10H,1-2H3,(H2,20,22,23). The van der Waals surface area contributed by atoms with Gasteiger partial charge in [-0.2, -0.15) is 0 Å². The first kappa shape index (κ1) is 18.8. The summed E-state index contributed by atoms with van der Waals surface area (Å²) in [6, 6.07) is 9.34. The second-order valence-corrected chi connectivity index (χ2v) is 5.49. The molecule has 28 heavy (non-hydrogen) atoms. The van der Waals surface area contributed by atoms with Crippen molar-refractivity contribution in [2.24, 2.45) is 0 Å². The second kappa shape index (κ2) is 8.12. The van der Waals surface area contributed by atoms with Gasteiger partial charge in [0.05, 0.1) is 36.6 Å². The first-order valence-electron chi connectivity index (χ1n) is 8.05. The summed E-state index contributed by atoms with van der Waals surface area (Å²) in [4.78, 5) is 36.1. The second-order valence-electron chi connectivity index (χ2n) is 5.49. The lowest BCUT2D eigenvalue weighted by atomic mass is 10.1. The zero-order valence-corrected chi connectivity index (χ0v) is 15.1. The SMILES string of the molecule is COC(=O)c1cc(Oc2ncccc2-c2ccnc(N)n2)cc(C(=O)OC)c1. The molecule has 9 nitrogen and oxygen atoms in total. The van der Waals surface area contributed by atoms with Crippen molar-refractivity contribution in [2.45, 2.75) is 0 Å². The van der Waals surface area contributed by atoms with Gasteiger partial charge in [0.15, 0.2) is 0 Å². The van der Waals surface area contributed by atoms with Crippen LogP contribution in [-0.4, -0.2) is 41.1 Å². The van der Waals surface area contributed by atoms with E-state index in [9.17, 15) is 9.59 Å². The van der Waals surface area contributed by atoms with E-state index in [0.717, 1.165) is 0 Å². The molecule has 0 aliphatic heterocycles. The van der Waals surface area contributed by atoms with Crippen LogP contribution in [0, 0.1) is 0 Å². The molecule has 0 spiro atoms. The van der Waals surface area contributed by atoms with Crippen LogP contribution in [0.4, 0.5) is 5.95 Å². The van der Waals surface area contributed by atoms with Crippen LogP contribution < -0.4 is 10.5 Å². The van der Waals surface area contributed by atoms with Gasteiger partial charge >= 0.3 is 11.9 Å². The van der Waals surface area contributed by atoms with Gasteiger partial charge < -0.3 is 19.9 Å². The molecule has 0 aliphatic rings. The Kier molecular flexibility index (Phi) is 5.45. The number of hydrogen-bond donors (Lipinski definition) is 1. The number of nitrogen functional groups attached to an aromatic ring is 1. The Morgan fingerprint density at radius 2 is 1.61 bits per heavy atom. The first-order valence-corrected chi connectivity index (χ1v) is 8.05. The maximum atomic E-state index is 11.9. The molecule has 0 bridgehead atoms. The van der Waals surface area contributed by atoms with Crippen molar-refractivity contribution in [3.05, 3.63) is 59.9 Å². The minimum atomic E-state index is -0.625. The first-order chi connectivity index (χ1) is 13.5. The molecular weight excluding hydrogens is 364 g/mol. The Morgan fingerprint density at radius 3 is 2.21 bits per heavy atom. The normalized spacial score (nSPS) is 10.2. The van der Waals surface area contributed by atoms with Crippen LogP contribution in [-0.2, 0) is 9.47 Å². The number of benzene rings is 1. The van der Waals surface area contributed by atoms with Gasteiger partial charge in [-0.3, -0.25) is 0 Å². The number of methoxy groups -OCH3 is 2. The molecule has 0 radical (unpaired) electrons. The van der Waals surface area contributed by atoms with Crippen LogP contribution in [0.25, 0.3) is 11.3 Å². The van der Waals surface area contributed by atoms with Crippen LogP contribution >= 0.6 is 0 Å². The zero-order chi connectivity index (χ0) is 20.1. The molecule has 1 aromatic carbocycles. The summed E-state index contributed by atoms with van der Waals surface area (Å²) in [7, 11) is 2.48. The van der Waals surface area contributed by atoms with E-state index < -0.39 is 11.9 Å². The fourth-order valence-corrected chi connectivity index (χ4v) is 2.43. The van der Waals surface area contributed by atoms with Gasteiger partial charge in [0.25, 0.3) is 0 Å². The number of ether oxygens (including phenoxy) is 3.